The Morgan fingerprint density at radius 3 is 2.50 bits per heavy atom. The first-order chi connectivity index (χ1) is 12.5. The third kappa shape index (κ3) is 6.08. The summed E-state index contributed by atoms with van der Waals surface area (Å²) in [6, 6.07) is 14.8. The molecule has 2 aromatic carbocycles. The first-order valence-corrected chi connectivity index (χ1v) is 8.73. The molecule has 0 saturated heterocycles. The molecule has 0 fully saturated rings. The van der Waals surface area contributed by atoms with Gasteiger partial charge in [0.25, 0.3) is 0 Å². The number of halogens is 1. The Labute approximate surface area is 157 Å². The van der Waals surface area contributed by atoms with Gasteiger partial charge in [-0.15, -0.1) is 0 Å². The molecule has 1 unspecified atom stereocenters. The molecule has 0 aliphatic carbocycles. The summed E-state index contributed by atoms with van der Waals surface area (Å²) in [5.74, 6) is -1.17. The first kappa shape index (κ1) is 19.8. The molecule has 26 heavy (non-hydrogen) atoms. The van der Waals surface area contributed by atoms with Gasteiger partial charge < -0.3 is 15.2 Å². The van der Waals surface area contributed by atoms with E-state index in [1.54, 1.807) is 19.2 Å². The Kier molecular flexibility index (Phi) is 7.48. The van der Waals surface area contributed by atoms with Crippen LogP contribution in [0.2, 0.25) is 5.02 Å². The topological polar surface area (TPSA) is 75.6 Å². The Morgan fingerprint density at radius 2 is 1.88 bits per heavy atom. The molecule has 0 aromatic heterocycles. The van der Waals surface area contributed by atoms with E-state index in [1.165, 1.54) is 0 Å². The van der Waals surface area contributed by atoms with Gasteiger partial charge in [-0.1, -0.05) is 48.0 Å². The molecule has 0 aliphatic heterocycles. The summed E-state index contributed by atoms with van der Waals surface area (Å²) in [4.78, 5) is 23.5. The lowest BCUT2D eigenvalue weighted by molar-refractivity contribution is -0.141. The molecule has 0 spiro atoms. The second kappa shape index (κ2) is 9.82. The van der Waals surface area contributed by atoms with Crippen molar-refractivity contribution in [2.24, 2.45) is 5.92 Å². The van der Waals surface area contributed by atoms with Crippen LogP contribution in [0.4, 0.5) is 0 Å². The highest BCUT2D eigenvalue weighted by molar-refractivity contribution is 6.32. The van der Waals surface area contributed by atoms with Crippen molar-refractivity contribution < 1.29 is 19.4 Å². The van der Waals surface area contributed by atoms with Gasteiger partial charge in [0.2, 0.25) is 5.91 Å². The second-order valence-corrected chi connectivity index (χ2v) is 6.41. The number of carboxylic acids is 1. The van der Waals surface area contributed by atoms with Gasteiger partial charge in [-0.25, -0.2) is 0 Å². The zero-order chi connectivity index (χ0) is 18.9. The maximum atomic E-state index is 12.0. The molecule has 138 valence electrons. The monoisotopic (exact) mass is 375 g/mol. The Morgan fingerprint density at radius 1 is 1.15 bits per heavy atom. The van der Waals surface area contributed by atoms with Crippen LogP contribution in [0.25, 0.3) is 0 Å². The number of rotatable bonds is 9. The third-order valence-electron chi connectivity index (χ3n) is 4.08. The summed E-state index contributed by atoms with van der Waals surface area (Å²) in [7, 11) is 1.54. The normalized spacial score (nSPS) is 11.6. The van der Waals surface area contributed by atoms with Crippen molar-refractivity contribution in [2.45, 2.75) is 19.3 Å². The van der Waals surface area contributed by atoms with Crippen molar-refractivity contribution in [3.63, 3.8) is 0 Å². The van der Waals surface area contributed by atoms with Crippen LogP contribution in [-0.2, 0) is 22.4 Å². The fraction of sp³-hybridized carbons (Fsp3) is 0.300. The molecule has 0 bridgehead atoms. The Bertz CT molecular complexity index is 749. The van der Waals surface area contributed by atoms with Gasteiger partial charge in [0, 0.05) is 13.0 Å². The van der Waals surface area contributed by atoms with Crippen LogP contribution in [-0.4, -0.2) is 30.6 Å². The number of carbonyl (C=O) groups excluding carboxylic acids is 1. The van der Waals surface area contributed by atoms with E-state index in [0.717, 1.165) is 11.1 Å². The number of carboxylic acid groups (broad SMARTS) is 1. The van der Waals surface area contributed by atoms with Crippen LogP contribution in [0.1, 0.15) is 17.5 Å². The van der Waals surface area contributed by atoms with Gasteiger partial charge in [-0.3, -0.25) is 9.59 Å². The molecule has 1 atom stereocenters. The number of aryl methyl sites for hydroxylation is 1. The lowest BCUT2D eigenvalue weighted by Crippen LogP contribution is -2.34. The highest BCUT2D eigenvalue weighted by Crippen LogP contribution is 2.25. The van der Waals surface area contributed by atoms with E-state index in [4.69, 9.17) is 16.3 Å². The summed E-state index contributed by atoms with van der Waals surface area (Å²) in [5, 5.41) is 12.6. The number of carbonyl (C=O) groups is 2. The van der Waals surface area contributed by atoms with Gasteiger partial charge in [0.15, 0.2) is 0 Å². The molecule has 2 rings (SSSR count). The molecule has 0 radical (unpaired) electrons. The third-order valence-corrected chi connectivity index (χ3v) is 4.37. The molecule has 2 N–H and O–H groups in total. The number of aliphatic carboxylic acids is 1. The zero-order valence-electron chi connectivity index (χ0n) is 14.6. The minimum Gasteiger partial charge on any atom is -0.495 e. The minimum atomic E-state index is -0.920. The molecule has 5 nitrogen and oxygen atoms in total. The van der Waals surface area contributed by atoms with Crippen LogP contribution in [0.3, 0.4) is 0 Å². The number of hydrogen-bond acceptors (Lipinski definition) is 3. The summed E-state index contributed by atoms with van der Waals surface area (Å²) in [5.41, 5.74) is 1.85. The maximum absolute atomic E-state index is 12.0. The molecule has 0 saturated carbocycles. The lowest BCUT2D eigenvalue weighted by Gasteiger charge is -2.14. The van der Waals surface area contributed by atoms with E-state index in [2.05, 4.69) is 5.32 Å². The predicted molar refractivity (Wildman–Crippen MR) is 101 cm³/mol. The van der Waals surface area contributed by atoms with Crippen molar-refractivity contribution >= 4 is 23.5 Å². The molecule has 0 aliphatic rings. The molecule has 2 aromatic rings. The Hall–Kier alpha value is -2.53. The van der Waals surface area contributed by atoms with E-state index in [1.807, 2.05) is 36.4 Å². The minimum absolute atomic E-state index is 0.104. The predicted octanol–water partition coefficient (Wildman–Crippen LogP) is 3.34. The van der Waals surface area contributed by atoms with Gasteiger partial charge in [-0.05, 0) is 36.1 Å². The summed E-state index contributed by atoms with van der Waals surface area (Å²) in [6.07, 6.45) is 1.16. The number of amides is 1. The highest BCUT2D eigenvalue weighted by atomic mass is 35.5. The van der Waals surface area contributed by atoms with Crippen LogP contribution in [0.15, 0.2) is 48.5 Å². The number of nitrogens with one attached hydrogen (secondary N) is 1. The van der Waals surface area contributed by atoms with Crippen molar-refractivity contribution in [3.05, 3.63) is 64.7 Å². The second-order valence-electron chi connectivity index (χ2n) is 6.00. The standard InChI is InChI=1S/C20H22ClNO4/c1-26-18-9-7-15(12-17(18)21)8-10-19(23)22-13-16(20(24)25)11-14-5-3-2-4-6-14/h2-7,9,12,16H,8,10-11,13H2,1H3,(H,22,23)(H,24,25). The molecular formula is C20H22ClNO4. The maximum Gasteiger partial charge on any atom is 0.308 e. The van der Waals surface area contributed by atoms with E-state index >= 15 is 0 Å². The van der Waals surface area contributed by atoms with Crippen LogP contribution >= 0.6 is 11.6 Å². The SMILES string of the molecule is COc1ccc(CCC(=O)NCC(Cc2ccccc2)C(=O)O)cc1Cl. The van der Waals surface area contributed by atoms with Crippen molar-refractivity contribution in [1.82, 2.24) is 5.32 Å². The van der Waals surface area contributed by atoms with Crippen LogP contribution in [0, 0.1) is 5.92 Å². The van der Waals surface area contributed by atoms with E-state index in [0.29, 0.717) is 23.6 Å². The molecule has 6 heteroatoms. The molecular weight excluding hydrogens is 354 g/mol. The van der Waals surface area contributed by atoms with Gasteiger partial charge in [0.05, 0.1) is 18.1 Å². The number of ether oxygens (including phenoxy) is 1. The van der Waals surface area contributed by atoms with Gasteiger partial charge >= 0.3 is 5.97 Å². The first-order valence-electron chi connectivity index (χ1n) is 8.35. The number of methoxy groups -OCH3 is 1. The summed E-state index contributed by atoms with van der Waals surface area (Å²) in [6.45, 7) is 0.104. The van der Waals surface area contributed by atoms with Crippen molar-refractivity contribution in [2.75, 3.05) is 13.7 Å². The van der Waals surface area contributed by atoms with Gasteiger partial charge in [0.1, 0.15) is 5.75 Å². The van der Waals surface area contributed by atoms with E-state index in [9.17, 15) is 14.7 Å². The highest BCUT2D eigenvalue weighted by Gasteiger charge is 2.19. The fourth-order valence-corrected chi connectivity index (χ4v) is 2.87. The number of benzene rings is 2. The summed E-state index contributed by atoms with van der Waals surface area (Å²) < 4.78 is 5.09. The van der Waals surface area contributed by atoms with Crippen LogP contribution < -0.4 is 10.1 Å². The number of hydrogen-bond donors (Lipinski definition) is 2. The smallest absolute Gasteiger partial charge is 0.308 e. The molecule has 1 amide bonds. The Balaban J connectivity index is 1.82. The van der Waals surface area contributed by atoms with Crippen LogP contribution in [0.5, 0.6) is 5.75 Å². The van der Waals surface area contributed by atoms with Crippen molar-refractivity contribution in [1.29, 1.82) is 0 Å². The zero-order valence-corrected chi connectivity index (χ0v) is 15.3. The fourth-order valence-electron chi connectivity index (χ4n) is 2.59. The van der Waals surface area contributed by atoms with Gasteiger partial charge in [-0.2, -0.15) is 0 Å². The lowest BCUT2D eigenvalue weighted by atomic mass is 9.99. The quantitative estimate of drug-likeness (QED) is 0.704. The van der Waals surface area contributed by atoms with E-state index < -0.39 is 11.9 Å². The van der Waals surface area contributed by atoms with E-state index in [-0.39, 0.29) is 18.9 Å². The average molecular weight is 376 g/mol. The average Bonchev–Trinajstić information content (AvgIpc) is 2.64. The van der Waals surface area contributed by atoms with Crippen molar-refractivity contribution in [3.8, 4) is 5.75 Å². The summed E-state index contributed by atoms with van der Waals surface area (Å²) >= 11 is 6.07. The molecule has 0 heterocycles. The largest absolute Gasteiger partial charge is 0.495 e.